The zero-order valence-corrected chi connectivity index (χ0v) is 8.93. The van der Waals surface area contributed by atoms with Gasteiger partial charge in [-0.3, -0.25) is 0 Å². The van der Waals surface area contributed by atoms with Crippen molar-refractivity contribution in [1.82, 2.24) is 5.32 Å². The van der Waals surface area contributed by atoms with E-state index in [9.17, 15) is 0 Å². The van der Waals surface area contributed by atoms with E-state index < -0.39 is 0 Å². The van der Waals surface area contributed by atoms with Crippen LogP contribution in [0.1, 0.15) is 40.0 Å². The summed E-state index contributed by atoms with van der Waals surface area (Å²) >= 11 is 0. The number of hydrogen-bond acceptors (Lipinski definition) is 1. The molecule has 1 aliphatic carbocycles. The second-order valence-electron chi connectivity index (χ2n) is 4.46. The fraction of sp³-hybridized carbons (Fsp3) is 1.00. The third-order valence-corrected chi connectivity index (χ3v) is 3.72. The van der Waals surface area contributed by atoms with Crippen LogP contribution >= 0.6 is 0 Å². The molecule has 0 saturated heterocycles. The normalized spacial score (nSPS) is 38.5. The van der Waals surface area contributed by atoms with Crippen LogP contribution in [0.3, 0.4) is 0 Å². The summed E-state index contributed by atoms with van der Waals surface area (Å²) < 4.78 is 0. The standard InChI is InChI=1S/C11H23N/c1-5-10-6-8(2)11(7-10)9(3)12-4/h8-12H,5-7H2,1-4H3. The Morgan fingerprint density at radius 3 is 2.50 bits per heavy atom. The van der Waals surface area contributed by atoms with Gasteiger partial charge in [0.1, 0.15) is 0 Å². The van der Waals surface area contributed by atoms with Crippen LogP contribution in [0.5, 0.6) is 0 Å². The molecule has 1 rings (SSSR count). The molecule has 0 spiro atoms. The Hall–Kier alpha value is -0.0400. The summed E-state index contributed by atoms with van der Waals surface area (Å²) in [5, 5.41) is 3.38. The summed E-state index contributed by atoms with van der Waals surface area (Å²) in [5.74, 6) is 2.85. The smallest absolute Gasteiger partial charge is 0.00666 e. The second-order valence-corrected chi connectivity index (χ2v) is 4.46. The van der Waals surface area contributed by atoms with E-state index in [1.165, 1.54) is 19.3 Å². The molecule has 1 nitrogen and oxygen atoms in total. The minimum absolute atomic E-state index is 0.705. The molecule has 0 aromatic carbocycles. The average Bonchev–Trinajstić information content (AvgIpc) is 2.45. The van der Waals surface area contributed by atoms with Gasteiger partial charge in [0.15, 0.2) is 0 Å². The van der Waals surface area contributed by atoms with Gasteiger partial charge in [-0.1, -0.05) is 20.3 Å². The van der Waals surface area contributed by atoms with Gasteiger partial charge in [0.2, 0.25) is 0 Å². The maximum absolute atomic E-state index is 3.38. The third-order valence-electron chi connectivity index (χ3n) is 3.72. The molecule has 0 amide bonds. The van der Waals surface area contributed by atoms with E-state index in [4.69, 9.17) is 0 Å². The molecule has 1 fully saturated rings. The highest BCUT2D eigenvalue weighted by atomic mass is 14.9. The molecule has 12 heavy (non-hydrogen) atoms. The SMILES string of the molecule is CCC1CC(C)C(C(C)NC)C1. The first-order valence-corrected chi connectivity index (χ1v) is 5.36. The summed E-state index contributed by atoms with van der Waals surface area (Å²) in [6, 6.07) is 0.705. The minimum Gasteiger partial charge on any atom is -0.317 e. The lowest BCUT2D eigenvalue weighted by molar-refractivity contribution is 0.325. The topological polar surface area (TPSA) is 12.0 Å². The highest BCUT2D eigenvalue weighted by Gasteiger charge is 2.32. The van der Waals surface area contributed by atoms with Crippen LogP contribution < -0.4 is 5.32 Å². The van der Waals surface area contributed by atoms with Crippen molar-refractivity contribution in [3.8, 4) is 0 Å². The molecule has 4 atom stereocenters. The van der Waals surface area contributed by atoms with E-state index in [0.717, 1.165) is 17.8 Å². The molecule has 0 aromatic heterocycles. The largest absolute Gasteiger partial charge is 0.317 e. The lowest BCUT2D eigenvalue weighted by Crippen LogP contribution is -2.31. The van der Waals surface area contributed by atoms with Gasteiger partial charge in [0.25, 0.3) is 0 Å². The Morgan fingerprint density at radius 1 is 1.42 bits per heavy atom. The maximum atomic E-state index is 3.38. The molecule has 1 saturated carbocycles. The van der Waals surface area contributed by atoms with Crippen LogP contribution in [0.25, 0.3) is 0 Å². The molecule has 0 heterocycles. The van der Waals surface area contributed by atoms with Gasteiger partial charge in [0, 0.05) is 6.04 Å². The van der Waals surface area contributed by atoms with Crippen molar-refractivity contribution in [2.24, 2.45) is 17.8 Å². The molecule has 1 aliphatic rings. The van der Waals surface area contributed by atoms with Crippen molar-refractivity contribution in [2.75, 3.05) is 7.05 Å². The first-order valence-electron chi connectivity index (χ1n) is 5.36. The van der Waals surface area contributed by atoms with Crippen molar-refractivity contribution in [1.29, 1.82) is 0 Å². The molecule has 1 heteroatoms. The highest BCUT2D eigenvalue weighted by Crippen LogP contribution is 2.39. The molecule has 0 bridgehead atoms. The predicted octanol–water partition coefficient (Wildman–Crippen LogP) is 2.67. The zero-order valence-electron chi connectivity index (χ0n) is 8.93. The summed E-state index contributed by atoms with van der Waals surface area (Å²) in [6.07, 6.45) is 4.27. The average molecular weight is 169 g/mol. The van der Waals surface area contributed by atoms with Crippen LogP contribution in [-0.4, -0.2) is 13.1 Å². The van der Waals surface area contributed by atoms with E-state index in [0.29, 0.717) is 6.04 Å². The highest BCUT2D eigenvalue weighted by molar-refractivity contribution is 4.85. The molecule has 1 N–H and O–H groups in total. The van der Waals surface area contributed by atoms with Crippen LogP contribution in [-0.2, 0) is 0 Å². The van der Waals surface area contributed by atoms with Crippen LogP contribution in [0.4, 0.5) is 0 Å². The molecule has 4 unspecified atom stereocenters. The van der Waals surface area contributed by atoms with Crippen molar-refractivity contribution in [2.45, 2.75) is 46.1 Å². The van der Waals surface area contributed by atoms with E-state index in [1.54, 1.807) is 0 Å². The summed E-state index contributed by atoms with van der Waals surface area (Å²) in [5.41, 5.74) is 0. The van der Waals surface area contributed by atoms with Gasteiger partial charge in [-0.2, -0.15) is 0 Å². The van der Waals surface area contributed by atoms with Crippen molar-refractivity contribution in [3.05, 3.63) is 0 Å². The quantitative estimate of drug-likeness (QED) is 0.685. The Balaban J connectivity index is 2.45. The van der Waals surface area contributed by atoms with Gasteiger partial charge in [0.05, 0.1) is 0 Å². The lowest BCUT2D eigenvalue weighted by atomic mass is 9.91. The van der Waals surface area contributed by atoms with Crippen LogP contribution in [0, 0.1) is 17.8 Å². The molecule has 0 aliphatic heterocycles. The fourth-order valence-electron chi connectivity index (χ4n) is 2.66. The van der Waals surface area contributed by atoms with Crippen molar-refractivity contribution < 1.29 is 0 Å². The Bertz CT molecular complexity index is 133. The van der Waals surface area contributed by atoms with E-state index >= 15 is 0 Å². The van der Waals surface area contributed by atoms with Crippen molar-refractivity contribution >= 4 is 0 Å². The van der Waals surface area contributed by atoms with Gasteiger partial charge in [-0.15, -0.1) is 0 Å². The number of nitrogens with one attached hydrogen (secondary N) is 1. The third kappa shape index (κ3) is 2.01. The van der Waals surface area contributed by atoms with Crippen LogP contribution in [0.2, 0.25) is 0 Å². The number of rotatable bonds is 3. The Kier molecular flexibility index (Phi) is 3.57. The summed E-state index contributed by atoms with van der Waals surface area (Å²) in [4.78, 5) is 0. The Labute approximate surface area is 76.9 Å². The van der Waals surface area contributed by atoms with Gasteiger partial charge >= 0.3 is 0 Å². The lowest BCUT2D eigenvalue weighted by Gasteiger charge is -2.22. The fourth-order valence-corrected chi connectivity index (χ4v) is 2.66. The predicted molar refractivity (Wildman–Crippen MR) is 54.2 cm³/mol. The first-order chi connectivity index (χ1) is 5.69. The second kappa shape index (κ2) is 4.27. The Morgan fingerprint density at radius 2 is 2.08 bits per heavy atom. The zero-order chi connectivity index (χ0) is 9.14. The summed E-state index contributed by atoms with van der Waals surface area (Å²) in [7, 11) is 2.08. The van der Waals surface area contributed by atoms with Crippen LogP contribution in [0.15, 0.2) is 0 Å². The summed E-state index contributed by atoms with van der Waals surface area (Å²) in [6.45, 7) is 7.05. The first kappa shape index (κ1) is 10.0. The molecular weight excluding hydrogens is 146 g/mol. The molecule has 0 radical (unpaired) electrons. The van der Waals surface area contributed by atoms with E-state index in [2.05, 4.69) is 33.1 Å². The molecular formula is C11H23N. The number of hydrogen-bond donors (Lipinski definition) is 1. The van der Waals surface area contributed by atoms with E-state index in [-0.39, 0.29) is 0 Å². The maximum Gasteiger partial charge on any atom is 0.00666 e. The van der Waals surface area contributed by atoms with Gasteiger partial charge < -0.3 is 5.32 Å². The molecule has 72 valence electrons. The van der Waals surface area contributed by atoms with E-state index in [1.807, 2.05) is 0 Å². The monoisotopic (exact) mass is 169 g/mol. The van der Waals surface area contributed by atoms with Gasteiger partial charge in [-0.05, 0) is 44.6 Å². The van der Waals surface area contributed by atoms with Crippen molar-refractivity contribution in [3.63, 3.8) is 0 Å². The van der Waals surface area contributed by atoms with Gasteiger partial charge in [-0.25, -0.2) is 0 Å². The molecule has 0 aromatic rings. The minimum atomic E-state index is 0.705.